The molecule has 1 heteroatoms. The predicted octanol–water partition coefficient (Wildman–Crippen LogP) is 4.84. The highest BCUT2D eigenvalue weighted by Gasteiger charge is 1.97. The van der Waals surface area contributed by atoms with Gasteiger partial charge in [0.2, 0.25) is 0 Å². The maximum Gasteiger partial charge on any atom is 0.0794 e. The third kappa shape index (κ3) is 4.02. The standard InChI is InChI=1S/C22H19N/c1-23(22-12-6-3-7-13-22)18-8-9-19-14-16-21(17-15-19)20-10-4-2-5-11-20/h2-7,10-17H,18H2,1H3. The molecule has 3 aromatic carbocycles. The summed E-state index contributed by atoms with van der Waals surface area (Å²) in [4.78, 5) is 2.14. The SMILES string of the molecule is CN(CC#Cc1ccc(-c2ccccc2)cc1)c1ccccc1. The lowest BCUT2D eigenvalue weighted by atomic mass is 10.0. The zero-order chi connectivity index (χ0) is 15.9. The van der Waals surface area contributed by atoms with Gasteiger partial charge in [0, 0.05) is 18.3 Å². The Morgan fingerprint density at radius 3 is 1.91 bits per heavy atom. The fourth-order valence-electron chi connectivity index (χ4n) is 2.41. The van der Waals surface area contributed by atoms with E-state index in [1.165, 1.54) is 16.8 Å². The van der Waals surface area contributed by atoms with E-state index in [2.05, 4.69) is 84.5 Å². The van der Waals surface area contributed by atoms with Crippen LogP contribution in [0.5, 0.6) is 0 Å². The van der Waals surface area contributed by atoms with Gasteiger partial charge in [-0.15, -0.1) is 0 Å². The first-order valence-electron chi connectivity index (χ1n) is 7.73. The Morgan fingerprint density at radius 2 is 1.26 bits per heavy atom. The summed E-state index contributed by atoms with van der Waals surface area (Å²) in [6.07, 6.45) is 0. The van der Waals surface area contributed by atoms with E-state index in [1.54, 1.807) is 0 Å². The van der Waals surface area contributed by atoms with Crippen LogP contribution in [-0.2, 0) is 0 Å². The maximum atomic E-state index is 3.24. The second-order valence-electron chi connectivity index (χ2n) is 5.44. The molecule has 0 fully saturated rings. The molecule has 3 aromatic rings. The minimum Gasteiger partial charge on any atom is -0.363 e. The monoisotopic (exact) mass is 297 g/mol. The summed E-state index contributed by atoms with van der Waals surface area (Å²) in [5.74, 6) is 6.47. The van der Waals surface area contributed by atoms with Crippen molar-refractivity contribution in [2.24, 2.45) is 0 Å². The van der Waals surface area contributed by atoms with Crippen molar-refractivity contribution in [3.63, 3.8) is 0 Å². The number of para-hydroxylation sites is 1. The normalized spacial score (nSPS) is 9.78. The van der Waals surface area contributed by atoms with Crippen LogP contribution in [0.2, 0.25) is 0 Å². The molecule has 0 bridgehead atoms. The topological polar surface area (TPSA) is 3.24 Å². The number of anilines is 1. The van der Waals surface area contributed by atoms with Crippen LogP contribution in [0.3, 0.4) is 0 Å². The first-order valence-corrected chi connectivity index (χ1v) is 7.73. The molecule has 0 unspecified atom stereocenters. The third-order valence-corrected chi connectivity index (χ3v) is 3.74. The molecule has 23 heavy (non-hydrogen) atoms. The molecule has 0 aliphatic rings. The number of nitrogens with zero attached hydrogens (tertiary/aromatic N) is 1. The highest BCUT2D eigenvalue weighted by Crippen LogP contribution is 2.18. The van der Waals surface area contributed by atoms with Gasteiger partial charge in [0.05, 0.1) is 6.54 Å². The van der Waals surface area contributed by atoms with Crippen molar-refractivity contribution in [3.8, 4) is 23.0 Å². The van der Waals surface area contributed by atoms with E-state index in [9.17, 15) is 0 Å². The second kappa shape index (κ2) is 7.33. The molecule has 0 aliphatic carbocycles. The Kier molecular flexibility index (Phi) is 4.76. The summed E-state index contributed by atoms with van der Waals surface area (Å²) in [5, 5.41) is 0. The zero-order valence-corrected chi connectivity index (χ0v) is 13.2. The van der Waals surface area contributed by atoms with E-state index in [4.69, 9.17) is 0 Å². The number of benzene rings is 3. The summed E-state index contributed by atoms with van der Waals surface area (Å²) in [6.45, 7) is 0.713. The molecule has 0 spiro atoms. The van der Waals surface area contributed by atoms with Gasteiger partial charge in [-0.05, 0) is 35.4 Å². The van der Waals surface area contributed by atoms with Crippen LogP contribution in [0.1, 0.15) is 5.56 Å². The molecular weight excluding hydrogens is 278 g/mol. The number of hydrogen-bond acceptors (Lipinski definition) is 1. The first-order chi connectivity index (χ1) is 11.3. The van der Waals surface area contributed by atoms with E-state index >= 15 is 0 Å². The Morgan fingerprint density at radius 1 is 0.696 bits per heavy atom. The fourth-order valence-corrected chi connectivity index (χ4v) is 2.41. The smallest absolute Gasteiger partial charge is 0.0794 e. The molecule has 0 saturated carbocycles. The van der Waals surface area contributed by atoms with E-state index < -0.39 is 0 Å². The number of rotatable bonds is 3. The van der Waals surface area contributed by atoms with Crippen LogP contribution in [-0.4, -0.2) is 13.6 Å². The van der Waals surface area contributed by atoms with Crippen molar-refractivity contribution in [3.05, 3.63) is 90.5 Å². The maximum absolute atomic E-state index is 3.24. The van der Waals surface area contributed by atoms with Crippen LogP contribution in [0.25, 0.3) is 11.1 Å². The summed E-state index contributed by atoms with van der Waals surface area (Å²) < 4.78 is 0. The lowest BCUT2D eigenvalue weighted by molar-refractivity contribution is 1.05. The molecule has 0 saturated heterocycles. The average Bonchev–Trinajstić information content (AvgIpc) is 2.64. The van der Waals surface area contributed by atoms with Crippen molar-refractivity contribution in [1.29, 1.82) is 0 Å². The third-order valence-electron chi connectivity index (χ3n) is 3.74. The molecule has 0 heterocycles. The molecule has 112 valence electrons. The van der Waals surface area contributed by atoms with Gasteiger partial charge in [-0.25, -0.2) is 0 Å². The van der Waals surface area contributed by atoms with Crippen molar-refractivity contribution in [2.75, 3.05) is 18.5 Å². The van der Waals surface area contributed by atoms with Crippen LogP contribution in [0, 0.1) is 11.8 Å². The van der Waals surface area contributed by atoms with Crippen molar-refractivity contribution in [1.82, 2.24) is 0 Å². The Hall–Kier alpha value is -2.98. The van der Waals surface area contributed by atoms with Gasteiger partial charge in [-0.1, -0.05) is 72.5 Å². The van der Waals surface area contributed by atoms with Gasteiger partial charge < -0.3 is 4.90 Å². The molecular formula is C22H19N. The summed E-state index contributed by atoms with van der Waals surface area (Å²) >= 11 is 0. The van der Waals surface area contributed by atoms with Crippen LogP contribution in [0.15, 0.2) is 84.9 Å². The van der Waals surface area contributed by atoms with Gasteiger partial charge in [0.15, 0.2) is 0 Å². The van der Waals surface area contributed by atoms with E-state index in [0.29, 0.717) is 6.54 Å². The average molecular weight is 297 g/mol. The van der Waals surface area contributed by atoms with Gasteiger partial charge in [0.1, 0.15) is 0 Å². The second-order valence-corrected chi connectivity index (χ2v) is 5.44. The summed E-state index contributed by atoms with van der Waals surface area (Å²) in [7, 11) is 2.06. The Bertz CT molecular complexity index is 793. The fraction of sp³-hybridized carbons (Fsp3) is 0.0909. The highest BCUT2D eigenvalue weighted by atomic mass is 15.1. The Balaban J connectivity index is 1.65. The van der Waals surface area contributed by atoms with Crippen LogP contribution < -0.4 is 4.90 Å². The summed E-state index contributed by atoms with van der Waals surface area (Å²) in [6, 6.07) is 29.1. The quantitative estimate of drug-likeness (QED) is 0.625. The molecule has 1 nitrogen and oxygen atoms in total. The van der Waals surface area contributed by atoms with Gasteiger partial charge >= 0.3 is 0 Å². The predicted molar refractivity (Wildman–Crippen MR) is 98.5 cm³/mol. The van der Waals surface area contributed by atoms with Gasteiger partial charge in [-0.3, -0.25) is 0 Å². The lowest BCUT2D eigenvalue weighted by Crippen LogP contribution is -2.16. The minimum absolute atomic E-state index is 0.713. The lowest BCUT2D eigenvalue weighted by Gasteiger charge is -2.15. The van der Waals surface area contributed by atoms with Crippen LogP contribution >= 0.6 is 0 Å². The summed E-state index contributed by atoms with van der Waals surface area (Å²) in [5.41, 5.74) is 4.68. The molecule has 0 aliphatic heterocycles. The first kappa shape index (κ1) is 14.9. The molecule has 0 radical (unpaired) electrons. The molecule has 0 atom stereocenters. The molecule has 0 aromatic heterocycles. The largest absolute Gasteiger partial charge is 0.363 e. The Labute approximate surface area is 138 Å². The minimum atomic E-state index is 0.713. The van der Waals surface area contributed by atoms with E-state index in [-0.39, 0.29) is 0 Å². The molecule has 0 amide bonds. The van der Waals surface area contributed by atoms with Crippen molar-refractivity contribution < 1.29 is 0 Å². The number of hydrogen-bond donors (Lipinski definition) is 0. The molecule has 3 rings (SSSR count). The highest BCUT2D eigenvalue weighted by molar-refractivity contribution is 5.64. The van der Waals surface area contributed by atoms with Crippen LogP contribution in [0.4, 0.5) is 5.69 Å². The zero-order valence-electron chi connectivity index (χ0n) is 13.2. The van der Waals surface area contributed by atoms with Crippen molar-refractivity contribution >= 4 is 5.69 Å². The van der Waals surface area contributed by atoms with E-state index in [1.807, 2.05) is 24.3 Å². The van der Waals surface area contributed by atoms with Gasteiger partial charge in [-0.2, -0.15) is 0 Å². The van der Waals surface area contributed by atoms with E-state index in [0.717, 1.165) is 5.56 Å². The van der Waals surface area contributed by atoms with Crippen molar-refractivity contribution in [2.45, 2.75) is 0 Å². The molecule has 0 N–H and O–H groups in total. The van der Waals surface area contributed by atoms with Gasteiger partial charge in [0.25, 0.3) is 0 Å².